The van der Waals surface area contributed by atoms with E-state index in [4.69, 9.17) is 0 Å². The van der Waals surface area contributed by atoms with Crippen molar-refractivity contribution in [1.82, 2.24) is 4.90 Å². The Balaban J connectivity index is 1.90. The first-order valence-electron chi connectivity index (χ1n) is 7.71. The molecule has 0 N–H and O–H groups in total. The van der Waals surface area contributed by atoms with E-state index >= 15 is 0 Å². The van der Waals surface area contributed by atoms with Crippen molar-refractivity contribution in [2.24, 2.45) is 0 Å². The Morgan fingerprint density at radius 1 is 1.30 bits per heavy atom. The van der Waals surface area contributed by atoms with Crippen LogP contribution in [0.25, 0.3) is 0 Å². The number of carbonyl (C=O) groups is 1. The first-order valence-corrected chi connectivity index (χ1v) is 7.71. The van der Waals surface area contributed by atoms with E-state index in [-0.39, 0.29) is 11.7 Å². The van der Waals surface area contributed by atoms with Gasteiger partial charge in [0.25, 0.3) is 0 Å². The summed E-state index contributed by atoms with van der Waals surface area (Å²) in [6.07, 6.45) is 6.17. The number of benzene rings is 1. The molecule has 1 saturated carbocycles. The second-order valence-corrected chi connectivity index (χ2v) is 6.29. The summed E-state index contributed by atoms with van der Waals surface area (Å²) in [6, 6.07) is 6.95. The van der Waals surface area contributed by atoms with Crippen LogP contribution in [0.2, 0.25) is 0 Å². The van der Waals surface area contributed by atoms with Crippen molar-refractivity contribution in [3.05, 3.63) is 35.6 Å². The molecule has 0 bridgehead atoms. The number of rotatable bonds is 2. The zero-order valence-corrected chi connectivity index (χ0v) is 12.1. The largest absolute Gasteiger partial charge is 0.339 e. The van der Waals surface area contributed by atoms with Gasteiger partial charge in [0.1, 0.15) is 5.82 Å². The van der Waals surface area contributed by atoms with E-state index in [1.807, 2.05) is 11.0 Å². The van der Waals surface area contributed by atoms with Crippen LogP contribution in [-0.2, 0) is 10.2 Å². The molecule has 0 radical (unpaired) electrons. The van der Waals surface area contributed by atoms with Gasteiger partial charge in [-0.1, -0.05) is 18.6 Å². The molecule has 2 nitrogen and oxygen atoms in total. The van der Waals surface area contributed by atoms with Crippen LogP contribution in [0.4, 0.5) is 4.39 Å². The molecule has 1 aromatic carbocycles. The molecule has 3 rings (SSSR count). The Kier molecular flexibility index (Phi) is 3.53. The van der Waals surface area contributed by atoms with Gasteiger partial charge in [-0.15, -0.1) is 0 Å². The third kappa shape index (κ3) is 2.13. The highest BCUT2D eigenvalue weighted by Gasteiger charge is 2.48. The van der Waals surface area contributed by atoms with Crippen molar-refractivity contribution in [2.45, 2.75) is 56.9 Å². The summed E-state index contributed by atoms with van der Waals surface area (Å²) in [5, 5.41) is 0. The van der Waals surface area contributed by atoms with Gasteiger partial charge < -0.3 is 4.90 Å². The molecule has 1 heterocycles. The minimum absolute atomic E-state index is 0.224. The van der Waals surface area contributed by atoms with E-state index in [9.17, 15) is 9.18 Å². The lowest BCUT2D eigenvalue weighted by Crippen LogP contribution is -2.54. The molecular weight excluding hydrogens is 253 g/mol. The van der Waals surface area contributed by atoms with Gasteiger partial charge >= 0.3 is 0 Å². The van der Waals surface area contributed by atoms with E-state index in [2.05, 4.69) is 6.92 Å². The molecular formula is C17H22FNO. The van der Waals surface area contributed by atoms with E-state index in [0.29, 0.717) is 6.04 Å². The molecule has 20 heavy (non-hydrogen) atoms. The molecule has 1 unspecified atom stereocenters. The summed E-state index contributed by atoms with van der Waals surface area (Å²) >= 11 is 0. The average molecular weight is 275 g/mol. The van der Waals surface area contributed by atoms with Crippen molar-refractivity contribution in [1.29, 1.82) is 0 Å². The highest BCUT2D eigenvalue weighted by Crippen LogP contribution is 2.46. The predicted molar refractivity (Wildman–Crippen MR) is 77.0 cm³/mol. The SMILES string of the molecule is CC1CCCCN1C(=O)C1(c2cccc(F)c2)CCC1. The average Bonchev–Trinajstić information content (AvgIpc) is 2.38. The van der Waals surface area contributed by atoms with Gasteiger partial charge in [0.2, 0.25) is 5.91 Å². The van der Waals surface area contributed by atoms with Crippen LogP contribution in [0, 0.1) is 5.82 Å². The minimum Gasteiger partial charge on any atom is -0.339 e. The quantitative estimate of drug-likeness (QED) is 0.807. The summed E-state index contributed by atoms with van der Waals surface area (Å²) < 4.78 is 13.5. The van der Waals surface area contributed by atoms with Crippen LogP contribution in [0.15, 0.2) is 24.3 Å². The molecule has 2 aliphatic rings. The van der Waals surface area contributed by atoms with Gasteiger partial charge in [0, 0.05) is 12.6 Å². The van der Waals surface area contributed by atoms with Crippen LogP contribution in [0.1, 0.15) is 51.0 Å². The van der Waals surface area contributed by atoms with Crippen LogP contribution < -0.4 is 0 Å². The molecule has 108 valence electrons. The lowest BCUT2D eigenvalue weighted by atomic mass is 9.63. The number of hydrogen-bond acceptors (Lipinski definition) is 1. The molecule has 2 fully saturated rings. The Bertz CT molecular complexity index is 509. The van der Waals surface area contributed by atoms with Crippen LogP contribution in [0.3, 0.4) is 0 Å². The predicted octanol–water partition coefficient (Wildman–Crippen LogP) is 3.65. The fourth-order valence-corrected chi connectivity index (χ4v) is 3.62. The van der Waals surface area contributed by atoms with Gasteiger partial charge in [0.05, 0.1) is 5.41 Å². The second-order valence-electron chi connectivity index (χ2n) is 6.29. The summed E-state index contributed by atoms with van der Waals surface area (Å²) in [7, 11) is 0. The zero-order chi connectivity index (χ0) is 14.2. The normalized spacial score (nSPS) is 25.1. The van der Waals surface area contributed by atoms with Crippen molar-refractivity contribution < 1.29 is 9.18 Å². The second kappa shape index (κ2) is 5.19. The summed E-state index contributed by atoms with van der Waals surface area (Å²) in [5.41, 5.74) is 0.416. The maximum absolute atomic E-state index is 13.5. The van der Waals surface area contributed by atoms with E-state index in [1.54, 1.807) is 12.1 Å². The molecule has 0 spiro atoms. The van der Waals surface area contributed by atoms with Gasteiger partial charge in [-0.25, -0.2) is 4.39 Å². The molecule has 1 aliphatic carbocycles. The molecule has 1 aliphatic heterocycles. The number of hydrogen-bond donors (Lipinski definition) is 0. The topological polar surface area (TPSA) is 20.3 Å². The first kappa shape index (κ1) is 13.6. The lowest BCUT2D eigenvalue weighted by molar-refractivity contribution is -0.144. The van der Waals surface area contributed by atoms with E-state index in [0.717, 1.165) is 44.2 Å². The molecule has 1 amide bonds. The molecule has 0 aromatic heterocycles. The van der Waals surface area contributed by atoms with Crippen molar-refractivity contribution >= 4 is 5.91 Å². The Hall–Kier alpha value is -1.38. The molecule has 1 saturated heterocycles. The van der Waals surface area contributed by atoms with Crippen molar-refractivity contribution in [3.8, 4) is 0 Å². The summed E-state index contributed by atoms with van der Waals surface area (Å²) in [4.78, 5) is 15.1. The first-order chi connectivity index (χ1) is 9.63. The number of nitrogens with zero attached hydrogens (tertiary/aromatic N) is 1. The van der Waals surface area contributed by atoms with Crippen LogP contribution in [-0.4, -0.2) is 23.4 Å². The number of amides is 1. The maximum atomic E-state index is 13.5. The number of halogens is 1. The van der Waals surface area contributed by atoms with E-state index in [1.165, 1.54) is 12.5 Å². The highest BCUT2D eigenvalue weighted by molar-refractivity contribution is 5.89. The molecule has 1 atom stereocenters. The maximum Gasteiger partial charge on any atom is 0.233 e. The Labute approximate surface area is 120 Å². The van der Waals surface area contributed by atoms with Crippen molar-refractivity contribution in [3.63, 3.8) is 0 Å². The number of piperidine rings is 1. The number of likely N-dealkylation sites (tertiary alicyclic amines) is 1. The number of carbonyl (C=O) groups excluding carboxylic acids is 1. The summed E-state index contributed by atoms with van der Waals surface area (Å²) in [5.74, 6) is -0.0187. The monoisotopic (exact) mass is 275 g/mol. The molecule has 1 aromatic rings. The Morgan fingerprint density at radius 3 is 2.70 bits per heavy atom. The summed E-state index contributed by atoms with van der Waals surface area (Å²) in [6.45, 7) is 2.99. The third-order valence-electron chi connectivity index (χ3n) is 5.06. The standard InChI is InChI=1S/C17H22FNO/c1-13-6-2-3-11-19(13)16(20)17(9-5-10-17)14-7-4-8-15(18)12-14/h4,7-8,12-13H,2-3,5-6,9-11H2,1H3. The van der Waals surface area contributed by atoms with Gasteiger partial charge in [-0.3, -0.25) is 4.79 Å². The molecule has 3 heteroatoms. The fraction of sp³-hybridized carbons (Fsp3) is 0.588. The highest BCUT2D eigenvalue weighted by atomic mass is 19.1. The van der Waals surface area contributed by atoms with Gasteiger partial charge in [-0.05, 0) is 56.7 Å². The van der Waals surface area contributed by atoms with Gasteiger partial charge in [0.15, 0.2) is 0 Å². The van der Waals surface area contributed by atoms with Crippen LogP contribution in [0.5, 0.6) is 0 Å². The lowest BCUT2D eigenvalue weighted by Gasteiger charge is -2.46. The third-order valence-corrected chi connectivity index (χ3v) is 5.06. The zero-order valence-electron chi connectivity index (χ0n) is 12.1. The van der Waals surface area contributed by atoms with E-state index < -0.39 is 5.41 Å². The Morgan fingerprint density at radius 2 is 2.10 bits per heavy atom. The minimum atomic E-state index is -0.451. The van der Waals surface area contributed by atoms with Gasteiger partial charge in [-0.2, -0.15) is 0 Å². The van der Waals surface area contributed by atoms with Crippen LogP contribution >= 0.6 is 0 Å². The fourth-order valence-electron chi connectivity index (χ4n) is 3.62. The van der Waals surface area contributed by atoms with Crippen molar-refractivity contribution in [2.75, 3.05) is 6.54 Å². The smallest absolute Gasteiger partial charge is 0.233 e.